The van der Waals surface area contributed by atoms with E-state index in [4.69, 9.17) is 4.74 Å². The molecule has 1 aromatic carbocycles. The van der Waals surface area contributed by atoms with Gasteiger partial charge >= 0.3 is 0 Å². The van der Waals surface area contributed by atoms with Crippen molar-refractivity contribution in [3.05, 3.63) is 41.5 Å². The maximum absolute atomic E-state index is 13.5. The van der Waals surface area contributed by atoms with Gasteiger partial charge in [0.05, 0.1) is 12.8 Å². The van der Waals surface area contributed by atoms with Crippen LogP contribution in [0, 0.1) is 5.82 Å². The smallest absolute Gasteiger partial charge is 0.165 e. The quantitative estimate of drug-likeness (QED) is 0.850. The number of hydrogen-bond donors (Lipinski definition) is 1. The molecule has 0 aliphatic rings. The van der Waals surface area contributed by atoms with E-state index in [-0.39, 0.29) is 17.6 Å². The maximum Gasteiger partial charge on any atom is 0.165 e. The number of nitrogens with one attached hydrogen (secondary N) is 1. The fourth-order valence-electron chi connectivity index (χ4n) is 2.22. The monoisotopic (exact) mass is 292 g/mol. The Balaban J connectivity index is 2.22. The highest BCUT2D eigenvalue weighted by Crippen LogP contribution is 2.24. The number of benzene rings is 1. The van der Waals surface area contributed by atoms with Gasteiger partial charge in [0.1, 0.15) is 0 Å². The zero-order valence-corrected chi connectivity index (χ0v) is 12.6. The minimum atomic E-state index is -0.352. The summed E-state index contributed by atoms with van der Waals surface area (Å²) in [6.45, 7) is 2.99. The molecule has 21 heavy (non-hydrogen) atoms. The number of rotatable bonds is 7. The summed E-state index contributed by atoms with van der Waals surface area (Å²) < 4.78 is 20.3. The van der Waals surface area contributed by atoms with Gasteiger partial charge < -0.3 is 10.1 Å². The average Bonchev–Trinajstić information content (AvgIpc) is 2.89. The molecule has 2 aromatic rings. The Morgan fingerprint density at radius 2 is 2.24 bits per heavy atom. The number of halogens is 1. The summed E-state index contributed by atoms with van der Waals surface area (Å²) in [5.74, 6) is -0.0926. The summed E-state index contributed by atoms with van der Waals surface area (Å²) in [7, 11) is 3.31. The van der Waals surface area contributed by atoms with E-state index < -0.39 is 0 Å². The van der Waals surface area contributed by atoms with E-state index in [1.54, 1.807) is 16.8 Å². The third kappa shape index (κ3) is 4.01. The van der Waals surface area contributed by atoms with Gasteiger partial charge in [-0.15, -0.1) is 5.10 Å². The average molecular weight is 292 g/mol. The predicted molar refractivity (Wildman–Crippen MR) is 78.7 cm³/mol. The van der Waals surface area contributed by atoms with Crippen LogP contribution in [0.3, 0.4) is 0 Å². The van der Waals surface area contributed by atoms with Gasteiger partial charge in [0, 0.05) is 25.7 Å². The van der Waals surface area contributed by atoms with Crippen LogP contribution in [0.5, 0.6) is 5.75 Å². The fourth-order valence-corrected chi connectivity index (χ4v) is 2.22. The number of aryl methyl sites for hydroxylation is 1. The SMILES string of the molecule is CCCNC(Cc1cn(C)nn1)c1ccc(F)c(OC)c1. The predicted octanol–water partition coefficient (Wildman–Crippen LogP) is 2.25. The molecular formula is C15H21FN4O. The van der Waals surface area contributed by atoms with E-state index in [9.17, 15) is 4.39 Å². The van der Waals surface area contributed by atoms with Crippen molar-refractivity contribution in [2.45, 2.75) is 25.8 Å². The van der Waals surface area contributed by atoms with Crippen molar-refractivity contribution in [3.8, 4) is 5.75 Å². The molecule has 1 heterocycles. The zero-order valence-electron chi connectivity index (χ0n) is 12.6. The number of methoxy groups -OCH3 is 1. The Hall–Kier alpha value is -1.95. The van der Waals surface area contributed by atoms with Gasteiger partial charge in [-0.25, -0.2) is 4.39 Å². The van der Waals surface area contributed by atoms with Crippen LogP contribution in [0.1, 0.15) is 30.6 Å². The Morgan fingerprint density at radius 1 is 1.43 bits per heavy atom. The summed E-state index contributed by atoms with van der Waals surface area (Å²) >= 11 is 0. The fraction of sp³-hybridized carbons (Fsp3) is 0.467. The van der Waals surface area contributed by atoms with Crippen LogP contribution < -0.4 is 10.1 Å². The third-order valence-electron chi connectivity index (χ3n) is 3.28. The molecule has 0 saturated carbocycles. The normalized spacial score (nSPS) is 12.4. The van der Waals surface area contributed by atoms with Crippen LogP contribution in [0.2, 0.25) is 0 Å². The van der Waals surface area contributed by atoms with Crippen LogP contribution in [0.4, 0.5) is 4.39 Å². The molecule has 0 bridgehead atoms. The van der Waals surface area contributed by atoms with E-state index in [0.29, 0.717) is 6.42 Å². The van der Waals surface area contributed by atoms with Gasteiger partial charge in [0.15, 0.2) is 11.6 Å². The lowest BCUT2D eigenvalue weighted by Crippen LogP contribution is -2.24. The molecule has 114 valence electrons. The second-order valence-corrected chi connectivity index (χ2v) is 4.99. The molecule has 1 atom stereocenters. The molecule has 6 heteroatoms. The van der Waals surface area contributed by atoms with Gasteiger partial charge in [-0.2, -0.15) is 0 Å². The van der Waals surface area contributed by atoms with Gasteiger partial charge in [-0.1, -0.05) is 18.2 Å². The maximum atomic E-state index is 13.5. The van der Waals surface area contributed by atoms with E-state index in [2.05, 4.69) is 22.6 Å². The summed E-state index contributed by atoms with van der Waals surface area (Å²) in [6, 6.07) is 5.00. The van der Waals surface area contributed by atoms with Crippen molar-refractivity contribution in [1.29, 1.82) is 0 Å². The molecule has 0 aliphatic carbocycles. The molecule has 2 rings (SSSR count). The molecule has 5 nitrogen and oxygen atoms in total. The molecule has 0 fully saturated rings. The first-order valence-corrected chi connectivity index (χ1v) is 7.06. The van der Waals surface area contributed by atoms with Crippen molar-refractivity contribution in [3.63, 3.8) is 0 Å². The lowest BCUT2D eigenvalue weighted by molar-refractivity contribution is 0.384. The van der Waals surface area contributed by atoms with E-state index >= 15 is 0 Å². The molecule has 1 aromatic heterocycles. The second-order valence-electron chi connectivity index (χ2n) is 4.99. The van der Waals surface area contributed by atoms with Crippen LogP contribution in [-0.2, 0) is 13.5 Å². The lowest BCUT2D eigenvalue weighted by atomic mass is 10.0. The Morgan fingerprint density at radius 3 is 2.86 bits per heavy atom. The standard InChI is InChI=1S/C15H21FN4O/c1-4-7-17-14(9-12-10-20(2)19-18-12)11-5-6-13(16)15(8-11)21-3/h5-6,8,10,14,17H,4,7,9H2,1-3H3. The molecule has 1 unspecified atom stereocenters. The minimum absolute atomic E-state index is 0.0520. The number of ether oxygens (including phenoxy) is 1. The summed E-state index contributed by atoms with van der Waals surface area (Å²) in [4.78, 5) is 0. The number of nitrogens with zero attached hydrogens (tertiary/aromatic N) is 3. The highest BCUT2D eigenvalue weighted by atomic mass is 19.1. The minimum Gasteiger partial charge on any atom is -0.494 e. The number of aromatic nitrogens is 3. The van der Waals surface area contributed by atoms with Crippen LogP contribution in [0.25, 0.3) is 0 Å². The van der Waals surface area contributed by atoms with Crippen molar-refractivity contribution < 1.29 is 9.13 Å². The van der Waals surface area contributed by atoms with Crippen molar-refractivity contribution >= 4 is 0 Å². The molecular weight excluding hydrogens is 271 g/mol. The topological polar surface area (TPSA) is 52.0 Å². The number of hydrogen-bond acceptors (Lipinski definition) is 4. The Labute approximate surface area is 124 Å². The van der Waals surface area contributed by atoms with Gasteiger partial charge in [-0.05, 0) is 30.7 Å². The van der Waals surface area contributed by atoms with E-state index in [1.165, 1.54) is 13.2 Å². The van der Waals surface area contributed by atoms with Crippen LogP contribution in [-0.4, -0.2) is 28.6 Å². The molecule has 0 aliphatic heterocycles. The first-order chi connectivity index (χ1) is 10.1. The summed E-state index contributed by atoms with van der Waals surface area (Å²) in [5.41, 5.74) is 1.88. The van der Waals surface area contributed by atoms with Crippen LogP contribution >= 0.6 is 0 Å². The molecule has 0 radical (unpaired) electrons. The zero-order chi connectivity index (χ0) is 15.2. The Bertz CT molecular complexity index is 585. The molecule has 0 amide bonds. The first kappa shape index (κ1) is 15.4. The highest BCUT2D eigenvalue weighted by Gasteiger charge is 2.15. The van der Waals surface area contributed by atoms with Gasteiger partial charge in [-0.3, -0.25) is 4.68 Å². The summed E-state index contributed by atoms with van der Waals surface area (Å²) in [5, 5.41) is 11.5. The lowest BCUT2D eigenvalue weighted by Gasteiger charge is -2.18. The molecule has 1 N–H and O–H groups in total. The first-order valence-electron chi connectivity index (χ1n) is 7.06. The van der Waals surface area contributed by atoms with E-state index in [0.717, 1.165) is 24.2 Å². The summed E-state index contributed by atoms with van der Waals surface area (Å²) in [6.07, 6.45) is 3.61. The van der Waals surface area contributed by atoms with Gasteiger partial charge in [0.2, 0.25) is 0 Å². The third-order valence-corrected chi connectivity index (χ3v) is 3.28. The van der Waals surface area contributed by atoms with Crippen molar-refractivity contribution in [2.24, 2.45) is 7.05 Å². The van der Waals surface area contributed by atoms with Crippen molar-refractivity contribution in [1.82, 2.24) is 20.3 Å². The highest BCUT2D eigenvalue weighted by molar-refractivity contribution is 5.32. The molecule has 0 spiro atoms. The van der Waals surface area contributed by atoms with Gasteiger partial charge in [0.25, 0.3) is 0 Å². The molecule has 0 saturated heterocycles. The van der Waals surface area contributed by atoms with E-state index in [1.807, 2.05) is 13.2 Å². The van der Waals surface area contributed by atoms with Crippen LogP contribution in [0.15, 0.2) is 24.4 Å². The Kier molecular flexibility index (Phi) is 5.27. The second kappa shape index (κ2) is 7.17. The largest absolute Gasteiger partial charge is 0.494 e. The van der Waals surface area contributed by atoms with Crippen molar-refractivity contribution in [2.75, 3.05) is 13.7 Å².